The Bertz CT molecular complexity index is 949. The average Bonchev–Trinajstić information content (AvgIpc) is 3.21. The lowest BCUT2D eigenvalue weighted by Gasteiger charge is -2.34. The van der Waals surface area contributed by atoms with Crippen molar-refractivity contribution in [3.05, 3.63) is 83.9 Å². The van der Waals surface area contributed by atoms with Crippen LogP contribution in [0.4, 0.5) is 0 Å². The van der Waals surface area contributed by atoms with Gasteiger partial charge in [-0.3, -0.25) is 4.79 Å². The summed E-state index contributed by atoms with van der Waals surface area (Å²) in [6.45, 7) is 0.301. The molecule has 0 bridgehead atoms. The van der Waals surface area contributed by atoms with Crippen LogP contribution in [0.3, 0.4) is 0 Å². The summed E-state index contributed by atoms with van der Waals surface area (Å²) in [7, 11) is 0. The lowest BCUT2D eigenvalue weighted by molar-refractivity contribution is -0.142. The van der Waals surface area contributed by atoms with E-state index in [1.54, 1.807) is 24.7 Å². The Morgan fingerprint density at radius 2 is 1.77 bits per heavy atom. The zero-order chi connectivity index (χ0) is 18.1. The van der Waals surface area contributed by atoms with E-state index in [2.05, 4.69) is 4.98 Å². The molecule has 0 unspecified atom stereocenters. The number of carbonyl (C=O) groups is 2. The molecule has 2 heterocycles. The maximum Gasteiger partial charge on any atom is 0.326 e. The van der Waals surface area contributed by atoms with Crippen molar-refractivity contribution in [3.63, 3.8) is 0 Å². The van der Waals surface area contributed by atoms with Crippen molar-refractivity contribution < 1.29 is 14.7 Å². The molecule has 1 aliphatic heterocycles. The average molecular weight is 347 g/mol. The molecule has 0 spiro atoms. The molecular weight excluding hydrogens is 330 g/mol. The monoisotopic (exact) mass is 347 g/mol. The van der Waals surface area contributed by atoms with Gasteiger partial charge in [0.25, 0.3) is 5.91 Å². The first-order chi connectivity index (χ1) is 12.6. The summed E-state index contributed by atoms with van der Waals surface area (Å²) in [5, 5.41) is 9.59. The van der Waals surface area contributed by atoms with Gasteiger partial charge in [-0.1, -0.05) is 24.3 Å². The predicted molar refractivity (Wildman–Crippen MR) is 95.0 cm³/mol. The number of carboxylic acid groups (broad SMARTS) is 1. The largest absolute Gasteiger partial charge is 0.480 e. The molecule has 4 rings (SSSR count). The standard InChI is InChI=1S/C20H17N3O3/c24-19(14-5-7-17(8-6-14)22-10-9-21-13-22)23-12-16-4-2-1-3-15(16)11-18(23)20(25)26/h1-10,13,18H,11-12H2,(H,25,26)/t18-/m0/s1. The lowest BCUT2D eigenvalue weighted by Crippen LogP contribution is -2.48. The van der Waals surface area contributed by atoms with Crippen LogP contribution in [0.2, 0.25) is 0 Å². The van der Waals surface area contributed by atoms with E-state index in [1.165, 1.54) is 4.90 Å². The van der Waals surface area contributed by atoms with Crippen LogP contribution in [0.15, 0.2) is 67.3 Å². The molecule has 0 saturated heterocycles. The van der Waals surface area contributed by atoms with E-state index in [0.29, 0.717) is 18.5 Å². The molecule has 0 fully saturated rings. The maximum atomic E-state index is 13.0. The minimum atomic E-state index is -0.983. The number of nitrogens with zero attached hydrogens (tertiary/aromatic N) is 3. The van der Waals surface area contributed by atoms with Gasteiger partial charge in [0.2, 0.25) is 0 Å². The third-order valence-electron chi connectivity index (χ3n) is 4.71. The summed E-state index contributed by atoms with van der Waals surface area (Å²) in [6, 6.07) is 13.9. The van der Waals surface area contributed by atoms with Crippen LogP contribution in [0.1, 0.15) is 21.5 Å². The number of carbonyl (C=O) groups excluding carboxylic acids is 1. The molecule has 1 amide bonds. The summed E-state index contributed by atoms with van der Waals surface area (Å²) in [6.07, 6.45) is 5.50. The van der Waals surface area contributed by atoms with Gasteiger partial charge in [0.15, 0.2) is 0 Å². The summed E-state index contributed by atoms with van der Waals surface area (Å²) >= 11 is 0. The van der Waals surface area contributed by atoms with Gasteiger partial charge in [0.05, 0.1) is 6.33 Å². The minimum Gasteiger partial charge on any atom is -0.480 e. The highest BCUT2D eigenvalue weighted by molar-refractivity contribution is 5.97. The quantitative estimate of drug-likeness (QED) is 0.790. The van der Waals surface area contributed by atoms with E-state index in [-0.39, 0.29) is 5.91 Å². The summed E-state index contributed by atoms with van der Waals surface area (Å²) in [5.74, 6) is -1.26. The third kappa shape index (κ3) is 2.86. The first-order valence-corrected chi connectivity index (χ1v) is 8.32. The number of aliphatic carboxylic acids is 1. The number of carboxylic acids is 1. The summed E-state index contributed by atoms with van der Waals surface area (Å²) < 4.78 is 1.84. The van der Waals surface area contributed by atoms with Gasteiger partial charge in [0, 0.05) is 36.6 Å². The second-order valence-corrected chi connectivity index (χ2v) is 6.28. The van der Waals surface area contributed by atoms with E-state index < -0.39 is 12.0 Å². The molecule has 1 N–H and O–H groups in total. The van der Waals surface area contributed by atoms with Crippen molar-refractivity contribution in [2.75, 3.05) is 0 Å². The van der Waals surface area contributed by atoms with Crippen molar-refractivity contribution in [2.24, 2.45) is 0 Å². The molecule has 0 aliphatic carbocycles. The second-order valence-electron chi connectivity index (χ2n) is 6.28. The molecule has 0 saturated carbocycles. The van der Waals surface area contributed by atoms with Crippen molar-refractivity contribution in [1.82, 2.24) is 14.5 Å². The Labute approximate surface area is 150 Å². The molecule has 3 aromatic rings. The molecule has 6 nitrogen and oxygen atoms in total. The molecule has 130 valence electrons. The fourth-order valence-corrected chi connectivity index (χ4v) is 3.31. The summed E-state index contributed by atoms with van der Waals surface area (Å²) in [5.41, 5.74) is 3.34. The van der Waals surface area contributed by atoms with Crippen LogP contribution in [-0.2, 0) is 17.8 Å². The number of hydrogen-bond donors (Lipinski definition) is 1. The Balaban J connectivity index is 1.63. The molecule has 0 radical (unpaired) electrons. The van der Waals surface area contributed by atoms with Gasteiger partial charge < -0.3 is 14.6 Å². The van der Waals surface area contributed by atoms with Gasteiger partial charge >= 0.3 is 5.97 Å². The number of amides is 1. The van der Waals surface area contributed by atoms with E-state index in [1.807, 2.05) is 47.2 Å². The normalized spacial score (nSPS) is 16.2. The molecule has 2 aromatic carbocycles. The molecule has 26 heavy (non-hydrogen) atoms. The molecular formula is C20H17N3O3. The fraction of sp³-hybridized carbons (Fsp3) is 0.150. The van der Waals surface area contributed by atoms with Gasteiger partial charge in [-0.2, -0.15) is 0 Å². The lowest BCUT2D eigenvalue weighted by atomic mass is 9.93. The highest BCUT2D eigenvalue weighted by atomic mass is 16.4. The smallest absolute Gasteiger partial charge is 0.326 e. The zero-order valence-electron chi connectivity index (χ0n) is 13.9. The Hall–Kier alpha value is -3.41. The maximum absolute atomic E-state index is 13.0. The fourth-order valence-electron chi connectivity index (χ4n) is 3.31. The van der Waals surface area contributed by atoms with Crippen LogP contribution in [-0.4, -0.2) is 37.5 Å². The highest BCUT2D eigenvalue weighted by Crippen LogP contribution is 2.25. The number of rotatable bonds is 3. The SMILES string of the molecule is O=C(O)[C@@H]1Cc2ccccc2CN1C(=O)c1ccc(-n2ccnc2)cc1. The van der Waals surface area contributed by atoms with Gasteiger partial charge in [-0.15, -0.1) is 0 Å². The molecule has 1 atom stereocenters. The first kappa shape index (κ1) is 16.1. The van der Waals surface area contributed by atoms with Crippen LogP contribution in [0, 0.1) is 0 Å². The Kier molecular flexibility index (Phi) is 4.01. The van der Waals surface area contributed by atoms with Crippen LogP contribution < -0.4 is 0 Å². The Morgan fingerprint density at radius 3 is 2.42 bits per heavy atom. The summed E-state index contributed by atoms with van der Waals surface area (Å²) in [4.78, 5) is 30.1. The first-order valence-electron chi connectivity index (χ1n) is 8.32. The van der Waals surface area contributed by atoms with Crippen molar-refractivity contribution in [1.29, 1.82) is 0 Å². The van der Waals surface area contributed by atoms with E-state index in [4.69, 9.17) is 0 Å². The van der Waals surface area contributed by atoms with Crippen LogP contribution in [0.25, 0.3) is 5.69 Å². The Morgan fingerprint density at radius 1 is 1.04 bits per heavy atom. The topological polar surface area (TPSA) is 75.4 Å². The van der Waals surface area contributed by atoms with E-state index in [9.17, 15) is 14.7 Å². The van der Waals surface area contributed by atoms with Gasteiger partial charge in [0.1, 0.15) is 6.04 Å². The highest BCUT2D eigenvalue weighted by Gasteiger charge is 2.34. The number of benzene rings is 2. The van der Waals surface area contributed by atoms with Crippen molar-refractivity contribution >= 4 is 11.9 Å². The molecule has 6 heteroatoms. The number of imidazole rings is 1. The van der Waals surface area contributed by atoms with Gasteiger partial charge in [-0.25, -0.2) is 9.78 Å². The zero-order valence-corrected chi connectivity index (χ0v) is 13.9. The molecule has 1 aromatic heterocycles. The van der Waals surface area contributed by atoms with Crippen LogP contribution >= 0.6 is 0 Å². The van der Waals surface area contributed by atoms with Crippen molar-refractivity contribution in [2.45, 2.75) is 19.0 Å². The molecule has 1 aliphatic rings. The minimum absolute atomic E-state index is 0.274. The number of aromatic nitrogens is 2. The van der Waals surface area contributed by atoms with Gasteiger partial charge in [-0.05, 0) is 35.4 Å². The predicted octanol–water partition coefficient (Wildman–Crippen LogP) is 2.52. The van der Waals surface area contributed by atoms with Crippen molar-refractivity contribution in [3.8, 4) is 5.69 Å². The second kappa shape index (κ2) is 6.48. The van der Waals surface area contributed by atoms with Crippen LogP contribution in [0.5, 0.6) is 0 Å². The van der Waals surface area contributed by atoms with E-state index >= 15 is 0 Å². The number of fused-ring (bicyclic) bond motifs is 1. The number of hydrogen-bond acceptors (Lipinski definition) is 3. The van der Waals surface area contributed by atoms with E-state index in [0.717, 1.165) is 16.8 Å². The third-order valence-corrected chi connectivity index (χ3v) is 4.71.